The Morgan fingerprint density at radius 2 is 1.68 bits per heavy atom. The molecule has 6 fully saturated rings. The van der Waals surface area contributed by atoms with Crippen molar-refractivity contribution in [1.82, 2.24) is 0 Å². The predicted molar refractivity (Wildman–Crippen MR) is 117 cm³/mol. The Labute approximate surface area is 187 Å². The standard InChI is InChI=1S/C27H40O4/c1-16(28)26-10-6-5-7-18(26)13-22-20-14-23-27(31-23)15-19(30-17(2)29)8-11-25(27,4)21(20)9-12-24(22,26)3/h18-23H,5-15H2,1-4H3/t18-,19+,20+,21-,22-,23-,24-,25+,26+,27-/m0/s1. The number of ketones is 1. The first-order valence-electron chi connectivity index (χ1n) is 13.0. The predicted octanol–water partition coefficient (Wildman–Crippen LogP) is 5.47. The van der Waals surface area contributed by atoms with Crippen LogP contribution < -0.4 is 0 Å². The van der Waals surface area contributed by atoms with Crippen LogP contribution in [0.2, 0.25) is 0 Å². The zero-order valence-electron chi connectivity index (χ0n) is 19.9. The average molecular weight is 429 g/mol. The van der Waals surface area contributed by atoms with Gasteiger partial charge in [-0.25, -0.2) is 0 Å². The fraction of sp³-hybridized carbons (Fsp3) is 0.926. The SMILES string of the molecule is CC(=O)O[C@@H]1CC[C@]2(C)[C@H]3CC[C@@]4(C)[C@@H](C[C@@H]5CCCC[C@@]54C(C)=O)[C@@H]3C[C@@H]3O[C@@]32C1. The van der Waals surface area contributed by atoms with Gasteiger partial charge < -0.3 is 9.47 Å². The summed E-state index contributed by atoms with van der Waals surface area (Å²) in [6.07, 6.45) is 13.1. The molecule has 6 rings (SSSR count). The smallest absolute Gasteiger partial charge is 0.302 e. The summed E-state index contributed by atoms with van der Waals surface area (Å²) in [5.41, 5.74) is 0.235. The van der Waals surface area contributed by atoms with Crippen molar-refractivity contribution in [3.05, 3.63) is 0 Å². The second kappa shape index (κ2) is 6.36. The number of hydrogen-bond donors (Lipinski definition) is 0. The highest BCUT2D eigenvalue weighted by atomic mass is 16.6. The molecule has 4 heteroatoms. The quantitative estimate of drug-likeness (QED) is 0.432. The number of fused-ring (bicyclic) bond motifs is 6. The molecule has 0 aromatic heterocycles. The van der Waals surface area contributed by atoms with Crippen LogP contribution in [0.3, 0.4) is 0 Å². The van der Waals surface area contributed by atoms with Gasteiger partial charge in [0.1, 0.15) is 17.5 Å². The summed E-state index contributed by atoms with van der Waals surface area (Å²) in [6.45, 7) is 8.45. The largest absolute Gasteiger partial charge is 0.462 e. The maximum Gasteiger partial charge on any atom is 0.302 e. The zero-order chi connectivity index (χ0) is 21.8. The van der Waals surface area contributed by atoms with Gasteiger partial charge in [-0.3, -0.25) is 9.59 Å². The van der Waals surface area contributed by atoms with E-state index in [1.807, 2.05) is 6.92 Å². The number of Topliss-reactive ketones (excluding diaryl/α,β-unsaturated/α-hetero) is 1. The Morgan fingerprint density at radius 3 is 2.42 bits per heavy atom. The average Bonchev–Trinajstić information content (AvgIpc) is 3.33. The Kier molecular flexibility index (Phi) is 4.25. The number of hydrogen-bond acceptors (Lipinski definition) is 4. The maximum absolute atomic E-state index is 13.2. The van der Waals surface area contributed by atoms with Gasteiger partial charge in [0.05, 0.1) is 6.10 Å². The fourth-order valence-corrected chi connectivity index (χ4v) is 10.8. The van der Waals surface area contributed by atoms with E-state index in [2.05, 4.69) is 13.8 Å². The molecule has 1 spiro atoms. The van der Waals surface area contributed by atoms with E-state index in [4.69, 9.17) is 9.47 Å². The minimum atomic E-state index is -0.160. The van der Waals surface area contributed by atoms with Gasteiger partial charge in [0.15, 0.2) is 0 Å². The summed E-state index contributed by atoms with van der Waals surface area (Å²) in [5.74, 6) is 2.98. The molecule has 1 heterocycles. The molecule has 5 aliphatic carbocycles. The van der Waals surface area contributed by atoms with Crippen molar-refractivity contribution < 1.29 is 19.1 Å². The molecule has 4 nitrogen and oxygen atoms in total. The Bertz CT molecular complexity index is 822. The van der Waals surface area contributed by atoms with Crippen molar-refractivity contribution in [2.75, 3.05) is 0 Å². The second-order valence-corrected chi connectivity index (χ2v) is 12.7. The molecule has 5 saturated carbocycles. The molecule has 0 bridgehead atoms. The third-order valence-electron chi connectivity index (χ3n) is 12.0. The van der Waals surface area contributed by atoms with E-state index in [1.54, 1.807) is 0 Å². The molecule has 10 atom stereocenters. The van der Waals surface area contributed by atoms with E-state index >= 15 is 0 Å². The Morgan fingerprint density at radius 1 is 0.903 bits per heavy atom. The molecule has 0 unspecified atom stereocenters. The van der Waals surface area contributed by atoms with E-state index in [9.17, 15) is 9.59 Å². The van der Waals surface area contributed by atoms with Crippen LogP contribution in [0.15, 0.2) is 0 Å². The van der Waals surface area contributed by atoms with Crippen molar-refractivity contribution in [2.45, 2.75) is 116 Å². The minimum absolute atomic E-state index is 0.0244. The molecule has 6 aliphatic rings. The molecule has 1 aliphatic heterocycles. The fourth-order valence-electron chi connectivity index (χ4n) is 10.8. The summed E-state index contributed by atoms with van der Waals surface area (Å²) < 4.78 is 12.2. The van der Waals surface area contributed by atoms with Crippen LogP contribution in [0, 0.1) is 39.9 Å². The highest BCUT2D eigenvalue weighted by Gasteiger charge is 2.78. The van der Waals surface area contributed by atoms with Gasteiger partial charge in [0.25, 0.3) is 0 Å². The van der Waals surface area contributed by atoms with E-state index in [-0.39, 0.29) is 33.9 Å². The number of epoxide rings is 1. The maximum atomic E-state index is 13.2. The lowest BCUT2D eigenvalue weighted by molar-refractivity contribution is -0.163. The molecule has 0 N–H and O–H groups in total. The number of esters is 1. The van der Waals surface area contributed by atoms with Gasteiger partial charge in [0.2, 0.25) is 0 Å². The highest BCUT2D eigenvalue weighted by Crippen LogP contribution is 2.77. The summed E-state index contributed by atoms with van der Waals surface area (Å²) in [7, 11) is 0. The summed E-state index contributed by atoms with van der Waals surface area (Å²) >= 11 is 0. The number of rotatable bonds is 2. The third kappa shape index (κ3) is 2.36. The molecule has 0 aromatic rings. The number of carbonyl (C=O) groups is 2. The third-order valence-corrected chi connectivity index (χ3v) is 12.0. The van der Waals surface area contributed by atoms with E-state index in [1.165, 1.54) is 45.4 Å². The van der Waals surface area contributed by atoms with Crippen molar-refractivity contribution in [1.29, 1.82) is 0 Å². The molecule has 172 valence electrons. The molecule has 0 amide bonds. The van der Waals surface area contributed by atoms with Crippen LogP contribution in [-0.2, 0) is 19.1 Å². The molecular formula is C27H40O4. The van der Waals surface area contributed by atoms with E-state index < -0.39 is 0 Å². The van der Waals surface area contributed by atoms with Gasteiger partial charge in [-0.1, -0.05) is 26.7 Å². The van der Waals surface area contributed by atoms with E-state index in [0.717, 1.165) is 32.1 Å². The molecule has 31 heavy (non-hydrogen) atoms. The Balaban J connectivity index is 1.33. The lowest BCUT2D eigenvalue weighted by atomic mass is 9.42. The number of carbonyl (C=O) groups excluding carboxylic acids is 2. The van der Waals surface area contributed by atoms with Crippen LogP contribution >= 0.6 is 0 Å². The highest BCUT2D eigenvalue weighted by molar-refractivity contribution is 5.84. The first-order chi connectivity index (χ1) is 14.7. The van der Waals surface area contributed by atoms with Gasteiger partial charge in [-0.15, -0.1) is 0 Å². The lowest BCUT2D eigenvalue weighted by Crippen LogP contribution is -2.60. The normalized spacial score (nSPS) is 56.9. The van der Waals surface area contributed by atoms with Crippen LogP contribution in [0.1, 0.15) is 98.3 Å². The summed E-state index contributed by atoms with van der Waals surface area (Å²) in [6, 6.07) is 0. The van der Waals surface area contributed by atoms with Gasteiger partial charge >= 0.3 is 5.97 Å². The van der Waals surface area contributed by atoms with Crippen LogP contribution in [0.4, 0.5) is 0 Å². The summed E-state index contributed by atoms with van der Waals surface area (Å²) in [5, 5.41) is 0. The van der Waals surface area contributed by atoms with Crippen molar-refractivity contribution in [2.24, 2.45) is 39.9 Å². The van der Waals surface area contributed by atoms with Crippen molar-refractivity contribution >= 4 is 11.8 Å². The van der Waals surface area contributed by atoms with E-state index in [0.29, 0.717) is 35.6 Å². The van der Waals surface area contributed by atoms with Gasteiger partial charge in [0, 0.05) is 24.2 Å². The van der Waals surface area contributed by atoms with Crippen LogP contribution in [0.25, 0.3) is 0 Å². The number of ether oxygens (including phenoxy) is 2. The molecule has 1 saturated heterocycles. The van der Waals surface area contributed by atoms with Gasteiger partial charge in [-0.2, -0.15) is 0 Å². The van der Waals surface area contributed by atoms with Crippen LogP contribution in [-0.4, -0.2) is 29.6 Å². The molecule has 0 aromatic carbocycles. The molecular weight excluding hydrogens is 388 g/mol. The minimum Gasteiger partial charge on any atom is -0.462 e. The van der Waals surface area contributed by atoms with Crippen molar-refractivity contribution in [3.63, 3.8) is 0 Å². The summed E-state index contributed by atoms with van der Waals surface area (Å²) in [4.78, 5) is 24.8. The van der Waals surface area contributed by atoms with Crippen LogP contribution in [0.5, 0.6) is 0 Å². The molecule has 0 radical (unpaired) electrons. The Hall–Kier alpha value is -0.900. The lowest BCUT2D eigenvalue weighted by Gasteiger charge is -2.61. The zero-order valence-corrected chi connectivity index (χ0v) is 19.9. The van der Waals surface area contributed by atoms with Crippen molar-refractivity contribution in [3.8, 4) is 0 Å². The van der Waals surface area contributed by atoms with Gasteiger partial charge in [-0.05, 0) is 87.4 Å². The second-order valence-electron chi connectivity index (χ2n) is 12.7. The monoisotopic (exact) mass is 428 g/mol. The first kappa shape index (κ1) is 20.7. The topological polar surface area (TPSA) is 55.9 Å². The first-order valence-corrected chi connectivity index (χ1v) is 13.0.